The van der Waals surface area contributed by atoms with Gasteiger partial charge in [0.05, 0.1) is 0 Å². The lowest BCUT2D eigenvalue weighted by molar-refractivity contribution is 0.670. The fraction of sp³-hybridized carbons (Fsp3) is 0. The molecule has 4 heteroatoms. The second kappa shape index (κ2) is 14.5. The minimum atomic E-state index is 0.626. The van der Waals surface area contributed by atoms with Gasteiger partial charge in [-0.1, -0.05) is 188 Å². The molecule has 9 aromatic carbocycles. The minimum Gasteiger partial charge on any atom is -0.455 e. The van der Waals surface area contributed by atoms with Crippen LogP contribution in [0.1, 0.15) is 0 Å². The van der Waals surface area contributed by atoms with Crippen molar-refractivity contribution < 1.29 is 4.42 Å². The fourth-order valence-electron chi connectivity index (χ4n) is 8.27. The molecule has 0 bridgehead atoms. The van der Waals surface area contributed by atoms with Gasteiger partial charge in [0.1, 0.15) is 11.2 Å². The van der Waals surface area contributed by atoms with Crippen molar-refractivity contribution in [2.75, 3.05) is 0 Å². The molecule has 276 valence electrons. The van der Waals surface area contributed by atoms with Crippen LogP contribution in [0.15, 0.2) is 217 Å². The number of rotatable bonds is 7. The molecule has 0 atom stereocenters. The van der Waals surface area contributed by atoms with Gasteiger partial charge in [-0.3, -0.25) is 0 Å². The summed E-state index contributed by atoms with van der Waals surface area (Å²) in [7, 11) is 0. The Bertz CT molecular complexity index is 3260. The highest BCUT2D eigenvalue weighted by Gasteiger charge is 2.19. The van der Waals surface area contributed by atoms with Crippen molar-refractivity contribution in [3.63, 3.8) is 0 Å². The monoisotopic (exact) mass is 753 g/mol. The summed E-state index contributed by atoms with van der Waals surface area (Å²) in [6.07, 6.45) is 0. The molecule has 0 N–H and O–H groups in total. The van der Waals surface area contributed by atoms with Crippen LogP contribution >= 0.6 is 0 Å². The molecule has 0 radical (unpaired) electrons. The first-order chi connectivity index (χ1) is 29.2. The van der Waals surface area contributed by atoms with Crippen molar-refractivity contribution in [3.8, 4) is 78.7 Å². The van der Waals surface area contributed by atoms with E-state index in [0.717, 1.165) is 72.0 Å². The van der Waals surface area contributed by atoms with E-state index in [4.69, 9.17) is 19.4 Å². The molecule has 0 fully saturated rings. The van der Waals surface area contributed by atoms with Gasteiger partial charge in [0.15, 0.2) is 17.5 Å². The lowest BCUT2D eigenvalue weighted by Gasteiger charge is -2.10. The zero-order valence-corrected chi connectivity index (χ0v) is 32.0. The first-order valence-electron chi connectivity index (χ1n) is 19.8. The van der Waals surface area contributed by atoms with Gasteiger partial charge in [0, 0.05) is 33.0 Å². The number of hydrogen-bond donors (Lipinski definition) is 0. The molecular formula is C55H35N3O. The Morgan fingerprint density at radius 2 is 0.678 bits per heavy atom. The highest BCUT2D eigenvalue weighted by atomic mass is 16.3. The maximum atomic E-state index is 6.92. The van der Waals surface area contributed by atoms with Crippen molar-refractivity contribution in [2.24, 2.45) is 0 Å². The first kappa shape index (κ1) is 34.3. The molecule has 59 heavy (non-hydrogen) atoms. The Morgan fingerprint density at radius 1 is 0.271 bits per heavy atom. The number of para-hydroxylation sites is 1. The number of furan rings is 1. The molecule has 11 rings (SSSR count). The normalized spacial score (nSPS) is 11.4. The van der Waals surface area contributed by atoms with E-state index in [1.807, 2.05) is 60.7 Å². The Kier molecular flexibility index (Phi) is 8.45. The van der Waals surface area contributed by atoms with Gasteiger partial charge >= 0.3 is 0 Å². The molecule has 0 unspecified atom stereocenters. The first-order valence-corrected chi connectivity index (χ1v) is 19.8. The van der Waals surface area contributed by atoms with Crippen LogP contribution in [0, 0.1) is 0 Å². The summed E-state index contributed by atoms with van der Waals surface area (Å²) in [5.74, 6) is 1.91. The van der Waals surface area contributed by atoms with Gasteiger partial charge in [-0.2, -0.15) is 0 Å². The van der Waals surface area contributed by atoms with E-state index in [1.54, 1.807) is 0 Å². The van der Waals surface area contributed by atoms with Crippen molar-refractivity contribution in [1.82, 2.24) is 15.0 Å². The van der Waals surface area contributed by atoms with Gasteiger partial charge in [-0.05, 0) is 74.0 Å². The van der Waals surface area contributed by atoms with E-state index in [-0.39, 0.29) is 0 Å². The third-order valence-corrected chi connectivity index (χ3v) is 11.1. The van der Waals surface area contributed by atoms with Crippen LogP contribution in [0.3, 0.4) is 0 Å². The lowest BCUT2D eigenvalue weighted by atomic mass is 9.92. The molecule has 0 amide bonds. The third-order valence-electron chi connectivity index (χ3n) is 11.1. The van der Waals surface area contributed by atoms with Crippen LogP contribution in [-0.4, -0.2) is 15.0 Å². The van der Waals surface area contributed by atoms with Gasteiger partial charge in [0.2, 0.25) is 0 Å². The van der Waals surface area contributed by atoms with Crippen LogP contribution < -0.4 is 0 Å². The van der Waals surface area contributed by atoms with Gasteiger partial charge in [0.25, 0.3) is 0 Å². The Hall–Kier alpha value is -7.95. The summed E-state index contributed by atoms with van der Waals surface area (Å²) >= 11 is 0. The Labute approximate surface area is 341 Å². The van der Waals surface area contributed by atoms with Gasteiger partial charge in [-0.25, -0.2) is 15.0 Å². The fourth-order valence-corrected chi connectivity index (χ4v) is 8.27. The molecule has 0 saturated carbocycles. The number of aromatic nitrogens is 3. The van der Waals surface area contributed by atoms with Crippen LogP contribution in [0.2, 0.25) is 0 Å². The topological polar surface area (TPSA) is 51.8 Å². The third kappa shape index (κ3) is 6.34. The molecule has 2 aromatic heterocycles. The smallest absolute Gasteiger partial charge is 0.164 e. The average Bonchev–Trinajstić information content (AvgIpc) is 3.71. The van der Waals surface area contributed by atoms with E-state index in [2.05, 4.69) is 152 Å². The van der Waals surface area contributed by atoms with E-state index < -0.39 is 0 Å². The predicted octanol–water partition coefficient (Wildman–Crippen LogP) is 14.6. The SMILES string of the molecule is c1ccc(-c2cccc(-c3cc4oc5c(-c6cccc(-c7cccc(-c8nc(-c9ccccc9)nc(-c9ccccc9)n8)c7)c6)cccc5c4c4ccccc34)c2)cc1. The zero-order chi connectivity index (χ0) is 39.1. The van der Waals surface area contributed by atoms with E-state index in [1.165, 1.54) is 21.9 Å². The van der Waals surface area contributed by atoms with Crippen molar-refractivity contribution in [1.29, 1.82) is 0 Å². The van der Waals surface area contributed by atoms with Crippen molar-refractivity contribution >= 4 is 32.7 Å². The zero-order valence-electron chi connectivity index (χ0n) is 32.0. The molecule has 0 saturated heterocycles. The van der Waals surface area contributed by atoms with Gasteiger partial charge < -0.3 is 4.42 Å². The summed E-state index contributed by atoms with van der Waals surface area (Å²) in [4.78, 5) is 14.9. The molecule has 0 aliphatic rings. The Morgan fingerprint density at radius 3 is 1.29 bits per heavy atom. The number of nitrogens with zero attached hydrogens (tertiary/aromatic N) is 3. The van der Waals surface area contributed by atoms with Crippen molar-refractivity contribution in [3.05, 3.63) is 212 Å². The molecule has 0 aliphatic carbocycles. The standard InChI is InChI=1S/C55H35N3O/c1-4-16-36(17-5-1)39-22-12-26-43(32-39)49-35-50-51(47-29-11-10-28-46(47)49)48-31-15-30-45(52(48)59-50)42-25-13-23-40(33-42)41-24-14-27-44(34-41)55-57-53(37-18-6-2-7-19-37)56-54(58-55)38-20-8-3-9-21-38/h1-35H. The van der Waals surface area contributed by atoms with Crippen LogP contribution in [0.4, 0.5) is 0 Å². The molecule has 2 heterocycles. The lowest BCUT2D eigenvalue weighted by Crippen LogP contribution is -2.00. The molecule has 4 nitrogen and oxygen atoms in total. The second-order valence-electron chi connectivity index (χ2n) is 14.8. The van der Waals surface area contributed by atoms with Crippen molar-refractivity contribution in [2.45, 2.75) is 0 Å². The molecule has 11 aromatic rings. The number of hydrogen-bond acceptors (Lipinski definition) is 4. The highest BCUT2D eigenvalue weighted by molar-refractivity contribution is 6.23. The van der Waals surface area contributed by atoms with Crippen LogP contribution in [0.25, 0.3) is 111 Å². The Balaban J connectivity index is 1.01. The maximum Gasteiger partial charge on any atom is 0.164 e. The summed E-state index contributed by atoms with van der Waals surface area (Å²) in [5, 5.41) is 4.61. The summed E-state index contributed by atoms with van der Waals surface area (Å²) in [6.45, 7) is 0. The van der Waals surface area contributed by atoms with E-state index in [0.29, 0.717) is 17.5 Å². The summed E-state index contributed by atoms with van der Waals surface area (Å²) < 4.78 is 6.92. The van der Waals surface area contributed by atoms with E-state index in [9.17, 15) is 0 Å². The second-order valence-corrected chi connectivity index (χ2v) is 14.8. The minimum absolute atomic E-state index is 0.626. The molecule has 0 spiro atoms. The summed E-state index contributed by atoms with van der Waals surface area (Å²) in [5.41, 5.74) is 13.5. The van der Waals surface area contributed by atoms with Crippen LogP contribution in [0.5, 0.6) is 0 Å². The largest absolute Gasteiger partial charge is 0.455 e. The quantitative estimate of drug-likeness (QED) is 0.163. The predicted molar refractivity (Wildman–Crippen MR) is 243 cm³/mol. The average molecular weight is 754 g/mol. The van der Waals surface area contributed by atoms with E-state index >= 15 is 0 Å². The number of fused-ring (bicyclic) bond motifs is 5. The number of benzene rings is 9. The van der Waals surface area contributed by atoms with Crippen LogP contribution in [-0.2, 0) is 0 Å². The molecular weight excluding hydrogens is 719 g/mol. The van der Waals surface area contributed by atoms with Gasteiger partial charge in [-0.15, -0.1) is 0 Å². The highest BCUT2D eigenvalue weighted by Crippen LogP contribution is 2.43. The summed E-state index contributed by atoms with van der Waals surface area (Å²) in [6, 6.07) is 74.0. The molecule has 0 aliphatic heterocycles. The maximum absolute atomic E-state index is 6.92.